The minimum absolute atomic E-state index is 0.0531. The molecular formula is C29H40N4O7. The van der Waals surface area contributed by atoms with Crippen LogP contribution >= 0.6 is 0 Å². The Hall–Kier alpha value is -3.83. The number of hydrogen-bond donors (Lipinski definition) is 3. The van der Waals surface area contributed by atoms with E-state index in [1.807, 2.05) is 35.2 Å². The average Bonchev–Trinajstić information content (AvgIpc) is 2.97. The van der Waals surface area contributed by atoms with E-state index in [-0.39, 0.29) is 47.3 Å². The molecule has 0 aliphatic carbocycles. The molecule has 2 amide bonds. The van der Waals surface area contributed by atoms with Gasteiger partial charge in [0.25, 0.3) is 5.91 Å². The van der Waals surface area contributed by atoms with Crippen LogP contribution in [0.1, 0.15) is 41.6 Å². The summed E-state index contributed by atoms with van der Waals surface area (Å²) in [7, 11) is 2.84. The second kappa shape index (κ2) is 16.3. The predicted molar refractivity (Wildman–Crippen MR) is 151 cm³/mol. The molecule has 1 unspecified atom stereocenters. The summed E-state index contributed by atoms with van der Waals surface area (Å²) in [5.74, 6) is -0.0405. The summed E-state index contributed by atoms with van der Waals surface area (Å²) in [5, 5.41) is 26.2. The van der Waals surface area contributed by atoms with Crippen LogP contribution in [0.15, 0.2) is 47.6 Å². The summed E-state index contributed by atoms with van der Waals surface area (Å²) >= 11 is 0. The number of aliphatic hydroxyl groups excluding tert-OH is 1. The first-order chi connectivity index (χ1) is 19.4. The molecule has 0 saturated carbocycles. The van der Waals surface area contributed by atoms with Gasteiger partial charge in [-0.3, -0.25) is 14.5 Å². The number of oxime groups is 1. The third-order valence-electron chi connectivity index (χ3n) is 6.67. The summed E-state index contributed by atoms with van der Waals surface area (Å²) in [6.45, 7) is 3.42. The van der Waals surface area contributed by atoms with Crippen molar-refractivity contribution in [2.24, 2.45) is 5.16 Å². The molecule has 2 aromatic carbocycles. The van der Waals surface area contributed by atoms with Gasteiger partial charge in [0, 0.05) is 44.9 Å². The van der Waals surface area contributed by atoms with Gasteiger partial charge in [-0.05, 0) is 43.4 Å². The fraction of sp³-hybridized carbons (Fsp3) is 0.483. The smallest absolute Gasteiger partial charge is 0.251 e. The van der Waals surface area contributed by atoms with Gasteiger partial charge in [-0.15, -0.1) is 0 Å². The zero-order valence-electron chi connectivity index (χ0n) is 23.3. The SMILES string of the molecule is COc1cc(C(=O)NCCCN2CCN(CCC(CCCO)O/N=C/c3ccccc3)CC2=O)cc(O)c1OC. The van der Waals surface area contributed by atoms with Crippen LogP contribution in [0.3, 0.4) is 0 Å². The molecule has 1 atom stereocenters. The molecule has 11 heteroatoms. The Balaban J connectivity index is 1.38. The first kappa shape index (κ1) is 30.7. The number of rotatable bonds is 16. The van der Waals surface area contributed by atoms with Crippen molar-refractivity contribution in [1.82, 2.24) is 15.1 Å². The number of aliphatic hydroxyl groups is 1. The number of methoxy groups -OCH3 is 2. The highest BCUT2D eigenvalue weighted by Gasteiger charge is 2.24. The molecule has 3 rings (SSSR count). The normalized spacial score (nSPS) is 14.8. The van der Waals surface area contributed by atoms with Crippen molar-refractivity contribution < 1.29 is 34.1 Å². The van der Waals surface area contributed by atoms with E-state index in [2.05, 4.69) is 15.4 Å². The first-order valence-electron chi connectivity index (χ1n) is 13.5. The molecule has 1 fully saturated rings. The lowest BCUT2D eigenvalue weighted by atomic mass is 10.1. The number of nitrogens with one attached hydrogen (secondary N) is 1. The Morgan fingerprint density at radius 1 is 1.10 bits per heavy atom. The summed E-state index contributed by atoms with van der Waals surface area (Å²) in [6.07, 6.45) is 4.16. The van der Waals surface area contributed by atoms with Gasteiger partial charge in [0.05, 0.1) is 27.0 Å². The van der Waals surface area contributed by atoms with E-state index < -0.39 is 0 Å². The zero-order valence-corrected chi connectivity index (χ0v) is 23.3. The Morgan fingerprint density at radius 2 is 1.90 bits per heavy atom. The Morgan fingerprint density at radius 3 is 2.60 bits per heavy atom. The minimum atomic E-state index is -0.349. The molecule has 218 valence electrons. The summed E-state index contributed by atoms with van der Waals surface area (Å²) in [4.78, 5) is 34.9. The van der Waals surface area contributed by atoms with Crippen LogP contribution in [0.25, 0.3) is 0 Å². The highest BCUT2D eigenvalue weighted by Crippen LogP contribution is 2.37. The molecular weight excluding hydrogens is 516 g/mol. The molecule has 0 aromatic heterocycles. The number of benzene rings is 2. The fourth-order valence-electron chi connectivity index (χ4n) is 4.45. The van der Waals surface area contributed by atoms with E-state index in [0.717, 1.165) is 12.1 Å². The van der Waals surface area contributed by atoms with Crippen molar-refractivity contribution in [1.29, 1.82) is 0 Å². The quantitative estimate of drug-likeness (QED) is 0.163. The van der Waals surface area contributed by atoms with E-state index in [1.165, 1.54) is 26.4 Å². The summed E-state index contributed by atoms with van der Waals surface area (Å²) < 4.78 is 10.3. The molecule has 2 aromatic rings. The number of carbonyl (C=O) groups is 2. The van der Waals surface area contributed by atoms with E-state index >= 15 is 0 Å². The lowest BCUT2D eigenvalue weighted by molar-refractivity contribution is -0.136. The Bertz CT molecular complexity index is 1110. The summed E-state index contributed by atoms with van der Waals surface area (Å²) in [6, 6.07) is 12.5. The number of piperazine rings is 1. The van der Waals surface area contributed by atoms with Gasteiger partial charge in [-0.2, -0.15) is 0 Å². The van der Waals surface area contributed by atoms with Crippen LogP contribution in [-0.4, -0.2) is 104 Å². The van der Waals surface area contributed by atoms with Gasteiger partial charge in [-0.25, -0.2) is 0 Å². The topological polar surface area (TPSA) is 133 Å². The molecule has 1 aliphatic rings. The highest BCUT2D eigenvalue weighted by molar-refractivity contribution is 5.95. The summed E-state index contributed by atoms with van der Waals surface area (Å²) in [5.41, 5.74) is 1.21. The van der Waals surface area contributed by atoms with E-state index in [1.54, 1.807) is 6.21 Å². The molecule has 0 bridgehead atoms. The molecule has 0 radical (unpaired) electrons. The Labute approximate surface area is 235 Å². The lowest BCUT2D eigenvalue weighted by Gasteiger charge is -2.34. The maximum atomic E-state index is 12.7. The number of ether oxygens (including phenoxy) is 2. The molecule has 40 heavy (non-hydrogen) atoms. The molecule has 1 saturated heterocycles. The first-order valence-corrected chi connectivity index (χ1v) is 13.5. The number of hydrogen-bond acceptors (Lipinski definition) is 9. The van der Waals surface area contributed by atoms with Gasteiger partial charge in [0.15, 0.2) is 11.5 Å². The predicted octanol–water partition coefficient (Wildman–Crippen LogP) is 2.26. The van der Waals surface area contributed by atoms with Crippen molar-refractivity contribution in [2.45, 2.75) is 31.8 Å². The minimum Gasteiger partial charge on any atom is -0.504 e. The van der Waals surface area contributed by atoms with Crippen molar-refractivity contribution in [3.63, 3.8) is 0 Å². The number of amides is 2. The van der Waals surface area contributed by atoms with Crippen LogP contribution in [0.4, 0.5) is 0 Å². The average molecular weight is 557 g/mol. The van der Waals surface area contributed by atoms with Crippen molar-refractivity contribution in [3.05, 3.63) is 53.6 Å². The maximum absolute atomic E-state index is 12.7. The largest absolute Gasteiger partial charge is 0.504 e. The standard InChI is InChI=1S/C29H40N4O7/c1-38-26-19-23(18-25(35)28(26)39-2)29(37)30-12-7-13-33-16-15-32(21-27(33)36)14-11-24(10-6-17-34)40-31-20-22-8-4-3-5-9-22/h3-5,8-9,18-20,24,34-35H,6-7,10-17,21H2,1-2H3,(H,30,37)/b31-20+. The number of phenolic OH excluding ortho intramolecular Hbond substituents is 1. The van der Waals surface area contributed by atoms with E-state index in [9.17, 15) is 19.8 Å². The highest BCUT2D eigenvalue weighted by atomic mass is 16.6. The molecule has 0 spiro atoms. The molecule has 3 N–H and O–H groups in total. The van der Waals surface area contributed by atoms with Gasteiger partial charge in [-0.1, -0.05) is 35.5 Å². The van der Waals surface area contributed by atoms with Gasteiger partial charge >= 0.3 is 0 Å². The molecule has 1 aliphatic heterocycles. The van der Waals surface area contributed by atoms with Crippen LogP contribution in [0.2, 0.25) is 0 Å². The van der Waals surface area contributed by atoms with Gasteiger partial charge < -0.3 is 34.7 Å². The van der Waals surface area contributed by atoms with Crippen LogP contribution in [0, 0.1) is 0 Å². The second-order valence-electron chi connectivity index (χ2n) is 9.52. The third-order valence-corrected chi connectivity index (χ3v) is 6.67. The van der Waals surface area contributed by atoms with Gasteiger partial charge in [0.1, 0.15) is 6.10 Å². The monoisotopic (exact) mass is 556 g/mol. The van der Waals surface area contributed by atoms with Gasteiger partial charge in [0.2, 0.25) is 11.7 Å². The second-order valence-corrected chi connectivity index (χ2v) is 9.52. The maximum Gasteiger partial charge on any atom is 0.251 e. The van der Waals surface area contributed by atoms with E-state index in [0.29, 0.717) is 58.4 Å². The lowest BCUT2D eigenvalue weighted by Crippen LogP contribution is -2.51. The third kappa shape index (κ3) is 9.42. The number of aromatic hydroxyl groups is 1. The van der Waals surface area contributed by atoms with Crippen LogP contribution in [0.5, 0.6) is 17.2 Å². The number of carbonyl (C=O) groups excluding carboxylic acids is 2. The van der Waals surface area contributed by atoms with Crippen molar-refractivity contribution in [3.8, 4) is 17.2 Å². The van der Waals surface area contributed by atoms with Crippen LogP contribution in [-0.2, 0) is 9.63 Å². The van der Waals surface area contributed by atoms with Crippen molar-refractivity contribution in [2.75, 3.05) is 60.1 Å². The van der Waals surface area contributed by atoms with Crippen molar-refractivity contribution >= 4 is 18.0 Å². The zero-order chi connectivity index (χ0) is 28.7. The number of phenols is 1. The number of nitrogens with zero attached hydrogens (tertiary/aromatic N) is 3. The Kier molecular flexibility index (Phi) is 12.5. The van der Waals surface area contributed by atoms with E-state index in [4.69, 9.17) is 14.3 Å². The fourth-order valence-corrected chi connectivity index (χ4v) is 4.45. The molecule has 11 nitrogen and oxygen atoms in total. The van der Waals surface area contributed by atoms with Crippen LogP contribution < -0.4 is 14.8 Å². The molecule has 1 heterocycles.